The lowest BCUT2D eigenvalue weighted by Crippen LogP contribution is -2.12. The smallest absolute Gasteiger partial charge is 0.257 e. The highest BCUT2D eigenvalue weighted by molar-refractivity contribution is 6.34. The van der Waals surface area contributed by atoms with Crippen LogP contribution in [0.3, 0.4) is 0 Å². The number of nitrogens with one attached hydrogen (secondary N) is 1. The van der Waals surface area contributed by atoms with Crippen LogP contribution in [0, 0.1) is 5.82 Å². The molecule has 2 aromatic rings. The molecule has 3 N–H and O–H groups in total. The molecule has 0 spiro atoms. The molecule has 18 heavy (non-hydrogen) atoms. The molecule has 2 rings (SSSR count). The van der Waals surface area contributed by atoms with E-state index in [0.717, 1.165) is 0 Å². The largest absolute Gasteiger partial charge is 0.399 e. The zero-order valence-electron chi connectivity index (χ0n) is 9.28. The Morgan fingerprint density at radius 2 is 1.83 bits per heavy atom. The lowest BCUT2D eigenvalue weighted by molar-refractivity contribution is 0.102. The molecule has 2 aromatic carbocycles. The number of benzene rings is 2. The third-order valence-corrected chi connectivity index (χ3v) is 2.75. The van der Waals surface area contributed by atoms with Crippen LogP contribution in [0.4, 0.5) is 15.8 Å². The average Bonchev–Trinajstić information content (AvgIpc) is 2.35. The van der Waals surface area contributed by atoms with Crippen molar-refractivity contribution in [1.82, 2.24) is 0 Å². The topological polar surface area (TPSA) is 55.1 Å². The number of anilines is 2. The summed E-state index contributed by atoms with van der Waals surface area (Å²) in [7, 11) is 0. The summed E-state index contributed by atoms with van der Waals surface area (Å²) in [6.45, 7) is 0. The molecule has 0 saturated heterocycles. The maximum absolute atomic E-state index is 13.2. The van der Waals surface area contributed by atoms with Gasteiger partial charge in [-0.05, 0) is 36.4 Å². The van der Waals surface area contributed by atoms with E-state index in [1.165, 1.54) is 18.2 Å². The Balaban J connectivity index is 2.22. The highest BCUT2D eigenvalue weighted by Crippen LogP contribution is 2.21. The zero-order chi connectivity index (χ0) is 13.1. The minimum absolute atomic E-state index is 0.0912. The van der Waals surface area contributed by atoms with E-state index in [4.69, 9.17) is 17.3 Å². The van der Waals surface area contributed by atoms with E-state index < -0.39 is 11.7 Å². The van der Waals surface area contributed by atoms with E-state index in [2.05, 4.69) is 5.32 Å². The number of rotatable bonds is 2. The molecule has 3 nitrogen and oxygen atoms in total. The molecule has 0 unspecified atom stereocenters. The highest BCUT2D eigenvalue weighted by atomic mass is 35.5. The van der Waals surface area contributed by atoms with Crippen molar-refractivity contribution >= 4 is 28.9 Å². The minimum Gasteiger partial charge on any atom is -0.399 e. The van der Waals surface area contributed by atoms with Gasteiger partial charge in [-0.15, -0.1) is 0 Å². The molecule has 0 saturated carbocycles. The average molecular weight is 265 g/mol. The van der Waals surface area contributed by atoms with Crippen LogP contribution in [0.5, 0.6) is 0 Å². The monoisotopic (exact) mass is 264 g/mol. The Hall–Kier alpha value is -2.07. The van der Waals surface area contributed by atoms with E-state index in [1.807, 2.05) is 0 Å². The first-order valence-corrected chi connectivity index (χ1v) is 5.56. The van der Waals surface area contributed by atoms with Crippen LogP contribution >= 0.6 is 11.6 Å². The summed E-state index contributed by atoms with van der Waals surface area (Å²) >= 11 is 5.72. The zero-order valence-corrected chi connectivity index (χ0v) is 10.0. The van der Waals surface area contributed by atoms with Gasteiger partial charge >= 0.3 is 0 Å². The number of carbonyl (C=O) groups is 1. The molecule has 0 bridgehead atoms. The van der Waals surface area contributed by atoms with Crippen molar-refractivity contribution < 1.29 is 9.18 Å². The third-order valence-electron chi connectivity index (χ3n) is 2.36. The van der Waals surface area contributed by atoms with Crippen LogP contribution in [0.2, 0.25) is 5.02 Å². The normalized spacial score (nSPS) is 10.1. The number of hydrogen-bond acceptors (Lipinski definition) is 2. The van der Waals surface area contributed by atoms with Crippen molar-refractivity contribution in [3.05, 3.63) is 58.9 Å². The fourth-order valence-electron chi connectivity index (χ4n) is 1.44. The predicted octanol–water partition coefficient (Wildman–Crippen LogP) is 3.31. The number of halogens is 2. The predicted molar refractivity (Wildman–Crippen MR) is 70.2 cm³/mol. The molecule has 0 fully saturated rings. The van der Waals surface area contributed by atoms with Crippen molar-refractivity contribution in [2.24, 2.45) is 0 Å². The summed E-state index contributed by atoms with van der Waals surface area (Å²) in [6, 6.07) is 10.7. The fraction of sp³-hybridized carbons (Fsp3) is 0. The van der Waals surface area contributed by atoms with Crippen LogP contribution in [0.25, 0.3) is 0 Å². The standard InChI is InChI=1S/C13H10ClFN2O/c14-12-10(2-1-3-11(12)15)13(18)17-9-6-4-8(16)5-7-9/h1-7H,16H2,(H,17,18). The van der Waals surface area contributed by atoms with Gasteiger partial charge in [-0.2, -0.15) is 0 Å². The molecule has 0 radical (unpaired) electrons. The molecule has 0 atom stereocenters. The summed E-state index contributed by atoms with van der Waals surface area (Å²) in [5.41, 5.74) is 6.78. The van der Waals surface area contributed by atoms with Crippen molar-refractivity contribution in [3.8, 4) is 0 Å². The van der Waals surface area contributed by atoms with Crippen LogP contribution in [-0.4, -0.2) is 5.91 Å². The summed E-state index contributed by atoms with van der Waals surface area (Å²) in [5.74, 6) is -1.09. The Morgan fingerprint density at radius 1 is 1.17 bits per heavy atom. The second-order valence-corrected chi connectivity index (χ2v) is 4.06. The SMILES string of the molecule is Nc1ccc(NC(=O)c2cccc(F)c2Cl)cc1. The number of nitrogen functional groups attached to an aromatic ring is 1. The first kappa shape index (κ1) is 12.4. The third kappa shape index (κ3) is 2.60. The summed E-state index contributed by atoms with van der Waals surface area (Å²) < 4.78 is 13.2. The first-order valence-electron chi connectivity index (χ1n) is 5.19. The van der Waals surface area contributed by atoms with Gasteiger partial charge in [-0.3, -0.25) is 4.79 Å². The lowest BCUT2D eigenvalue weighted by Gasteiger charge is -2.07. The van der Waals surface area contributed by atoms with Gasteiger partial charge in [0.15, 0.2) is 0 Å². The Bertz CT molecular complexity index is 584. The molecule has 0 aliphatic heterocycles. The molecule has 0 aliphatic carbocycles. The molecule has 92 valence electrons. The molecular weight excluding hydrogens is 255 g/mol. The molecule has 0 aliphatic rings. The highest BCUT2D eigenvalue weighted by Gasteiger charge is 2.13. The van der Waals surface area contributed by atoms with Gasteiger partial charge in [0.05, 0.1) is 10.6 Å². The van der Waals surface area contributed by atoms with Gasteiger partial charge in [0.2, 0.25) is 0 Å². The summed E-state index contributed by atoms with van der Waals surface area (Å²) in [4.78, 5) is 11.9. The van der Waals surface area contributed by atoms with Crippen molar-refractivity contribution in [2.45, 2.75) is 0 Å². The Labute approximate surface area is 108 Å². The van der Waals surface area contributed by atoms with Gasteiger partial charge < -0.3 is 11.1 Å². The molecular formula is C13H10ClFN2O. The molecule has 0 heterocycles. The molecule has 5 heteroatoms. The second kappa shape index (κ2) is 5.06. The number of nitrogens with two attached hydrogens (primary N) is 1. The first-order chi connectivity index (χ1) is 8.58. The van der Waals surface area contributed by atoms with Crippen LogP contribution in [0.1, 0.15) is 10.4 Å². The number of amides is 1. The van der Waals surface area contributed by atoms with Gasteiger partial charge in [-0.25, -0.2) is 4.39 Å². The van der Waals surface area contributed by atoms with Crippen molar-refractivity contribution in [1.29, 1.82) is 0 Å². The van der Waals surface area contributed by atoms with Gasteiger partial charge in [-0.1, -0.05) is 17.7 Å². The van der Waals surface area contributed by atoms with E-state index in [9.17, 15) is 9.18 Å². The van der Waals surface area contributed by atoms with Crippen LogP contribution < -0.4 is 11.1 Å². The fourth-order valence-corrected chi connectivity index (χ4v) is 1.66. The van der Waals surface area contributed by atoms with Gasteiger partial charge in [0.1, 0.15) is 5.82 Å². The Kier molecular flexibility index (Phi) is 3.48. The van der Waals surface area contributed by atoms with Crippen molar-refractivity contribution in [2.75, 3.05) is 11.1 Å². The van der Waals surface area contributed by atoms with Crippen LogP contribution in [-0.2, 0) is 0 Å². The maximum atomic E-state index is 13.2. The summed E-state index contributed by atoms with van der Waals surface area (Å²) in [6.07, 6.45) is 0. The quantitative estimate of drug-likeness (QED) is 0.818. The molecule has 1 amide bonds. The van der Waals surface area contributed by atoms with Gasteiger partial charge in [0, 0.05) is 11.4 Å². The minimum atomic E-state index is -0.623. The lowest BCUT2D eigenvalue weighted by atomic mass is 10.2. The number of hydrogen-bond donors (Lipinski definition) is 2. The maximum Gasteiger partial charge on any atom is 0.257 e. The van der Waals surface area contributed by atoms with E-state index in [0.29, 0.717) is 11.4 Å². The Morgan fingerprint density at radius 3 is 2.50 bits per heavy atom. The van der Waals surface area contributed by atoms with E-state index in [1.54, 1.807) is 24.3 Å². The van der Waals surface area contributed by atoms with E-state index >= 15 is 0 Å². The molecule has 0 aromatic heterocycles. The van der Waals surface area contributed by atoms with Crippen LogP contribution in [0.15, 0.2) is 42.5 Å². The summed E-state index contributed by atoms with van der Waals surface area (Å²) in [5, 5.41) is 2.42. The number of carbonyl (C=O) groups excluding carboxylic acids is 1. The second-order valence-electron chi connectivity index (χ2n) is 3.68. The van der Waals surface area contributed by atoms with Crippen molar-refractivity contribution in [3.63, 3.8) is 0 Å². The van der Waals surface area contributed by atoms with Gasteiger partial charge in [0.25, 0.3) is 5.91 Å². The van der Waals surface area contributed by atoms with E-state index in [-0.39, 0.29) is 10.6 Å².